The molecule has 1 aliphatic heterocycles. The van der Waals surface area contributed by atoms with Gasteiger partial charge < -0.3 is 14.9 Å². The zero-order valence-corrected chi connectivity index (χ0v) is 12.0. The number of aromatic nitrogens is 1. The summed E-state index contributed by atoms with van der Waals surface area (Å²) >= 11 is 0. The number of aliphatic hydroxyl groups is 1. The first-order valence-corrected chi connectivity index (χ1v) is 6.69. The van der Waals surface area contributed by atoms with Crippen LogP contribution in [0.15, 0.2) is 40.9 Å². The van der Waals surface area contributed by atoms with Crippen molar-refractivity contribution in [3.05, 3.63) is 42.2 Å². The van der Waals surface area contributed by atoms with Crippen LogP contribution in [-0.4, -0.2) is 29.0 Å². The predicted molar refractivity (Wildman–Crippen MR) is 79.9 cm³/mol. The van der Waals surface area contributed by atoms with E-state index in [4.69, 9.17) is 4.52 Å². The van der Waals surface area contributed by atoms with Gasteiger partial charge in [-0.3, -0.25) is 0 Å². The second-order valence-electron chi connectivity index (χ2n) is 5.20. The molecule has 3 rings (SSSR count). The molecule has 4 nitrogen and oxygen atoms in total. The molecule has 1 aliphatic rings. The summed E-state index contributed by atoms with van der Waals surface area (Å²) in [4.78, 5) is 0. The number of halogens is 1. The van der Waals surface area contributed by atoms with Crippen molar-refractivity contribution in [2.45, 2.75) is 24.9 Å². The lowest BCUT2D eigenvalue weighted by molar-refractivity contribution is 0.00548. The highest BCUT2D eigenvalue weighted by Crippen LogP contribution is 2.26. The molecule has 1 saturated heterocycles. The Morgan fingerprint density at radius 2 is 1.90 bits per heavy atom. The molecule has 1 fully saturated rings. The van der Waals surface area contributed by atoms with Crippen molar-refractivity contribution in [1.29, 1.82) is 0 Å². The molecule has 1 aromatic heterocycles. The third kappa shape index (κ3) is 3.39. The average molecular weight is 295 g/mol. The summed E-state index contributed by atoms with van der Waals surface area (Å²) in [6.45, 7) is 1.71. The van der Waals surface area contributed by atoms with Gasteiger partial charge in [0.15, 0.2) is 0 Å². The fraction of sp³-hybridized carbons (Fsp3) is 0.400. The molecule has 108 valence electrons. The monoisotopic (exact) mass is 294 g/mol. The van der Waals surface area contributed by atoms with Crippen LogP contribution >= 0.6 is 12.4 Å². The van der Waals surface area contributed by atoms with Gasteiger partial charge >= 0.3 is 0 Å². The second-order valence-corrected chi connectivity index (χ2v) is 5.20. The molecule has 0 radical (unpaired) electrons. The smallest absolute Gasteiger partial charge is 0.140 e. The first-order chi connectivity index (χ1) is 9.25. The van der Waals surface area contributed by atoms with E-state index in [9.17, 15) is 5.11 Å². The SMILES string of the molecule is Cl.OC1(Cc2cc(-c3ccccc3)no2)CCNCC1. The number of benzene rings is 1. The van der Waals surface area contributed by atoms with Gasteiger partial charge in [0.1, 0.15) is 11.5 Å². The van der Waals surface area contributed by atoms with Gasteiger partial charge in [-0.25, -0.2) is 0 Å². The minimum atomic E-state index is -0.654. The van der Waals surface area contributed by atoms with Crippen molar-refractivity contribution in [3.63, 3.8) is 0 Å². The number of rotatable bonds is 3. The standard InChI is InChI=1S/C15H18N2O2.ClH/c18-15(6-8-16-9-7-15)11-13-10-14(17-19-13)12-4-2-1-3-5-12;/h1-5,10,16,18H,6-9,11H2;1H. The molecule has 1 aromatic carbocycles. The van der Waals surface area contributed by atoms with Crippen LogP contribution in [0.1, 0.15) is 18.6 Å². The highest BCUT2D eigenvalue weighted by molar-refractivity contribution is 5.85. The van der Waals surface area contributed by atoms with Gasteiger partial charge in [0, 0.05) is 18.1 Å². The van der Waals surface area contributed by atoms with E-state index in [1.165, 1.54) is 0 Å². The maximum absolute atomic E-state index is 10.5. The van der Waals surface area contributed by atoms with Crippen LogP contribution in [0.3, 0.4) is 0 Å². The Labute approximate surface area is 124 Å². The largest absolute Gasteiger partial charge is 0.389 e. The van der Waals surface area contributed by atoms with Crippen molar-refractivity contribution in [2.75, 3.05) is 13.1 Å². The van der Waals surface area contributed by atoms with E-state index >= 15 is 0 Å². The van der Waals surface area contributed by atoms with E-state index in [-0.39, 0.29) is 12.4 Å². The topological polar surface area (TPSA) is 58.3 Å². The Bertz CT molecular complexity index is 536. The maximum Gasteiger partial charge on any atom is 0.140 e. The normalized spacial score (nSPS) is 17.4. The molecule has 0 bridgehead atoms. The van der Waals surface area contributed by atoms with E-state index in [1.807, 2.05) is 36.4 Å². The molecule has 2 N–H and O–H groups in total. The Kier molecular flexibility index (Phi) is 4.81. The molecule has 0 aliphatic carbocycles. The predicted octanol–water partition coefficient (Wildman–Crippen LogP) is 2.42. The molecule has 0 atom stereocenters. The van der Waals surface area contributed by atoms with Crippen LogP contribution in [0.25, 0.3) is 11.3 Å². The van der Waals surface area contributed by atoms with E-state index < -0.39 is 5.60 Å². The van der Waals surface area contributed by atoms with Crippen LogP contribution in [-0.2, 0) is 6.42 Å². The molecule has 5 heteroatoms. The third-order valence-electron chi connectivity index (χ3n) is 3.67. The van der Waals surface area contributed by atoms with Gasteiger partial charge in [0.25, 0.3) is 0 Å². The third-order valence-corrected chi connectivity index (χ3v) is 3.67. The summed E-state index contributed by atoms with van der Waals surface area (Å²) < 4.78 is 5.36. The lowest BCUT2D eigenvalue weighted by Crippen LogP contribution is -2.43. The van der Waals surface area contributed by atoms with Crippen LogP contribution < -0.4 is 5.32 Å². The van der Waals surface area contributed by atoms with Crippen LogP contribution in [0.2, 0.25) is 0 Å². The van der Waals surface area contributed by atoms with Crippen molar-refractivity contribution in [1.82, 2.24) is 10.5 Å². The Balaban J connectivity index is 0.00000147. The summed E-state index contributed by atoms with van der Waals surface area (Å²) in [6.07, 6.45) is 2.05. The molecule has 2 heterocycles. The fourth-order valence-corrected chi connectivity index (χ4v) is 2.53. The van der Waals surface area contributed by atoms with Gasteiger partial charge in [-0.2, -0.15) is 0 Å². The molecule has 2 aromatic rings. The number of piperidine rings is 1. The molecule has 20 heavy (non-hydrogen) atoms. The lowest BCUT2D eigenvalue weighted by atomic mass is 9.88. The molecular weight excluding hydrogens is 276 g/mol. The van der Waals surface area contributed by atoms with E-state index in [0.29, 0.717) is 6.42 Å². The van der Waals surface area contributed by atoms with E-state index in [2.05, 4.69) is 10.5 Å². The Morgan fingerprint density at radius 1 is 1.20 bits per heavy atom. The highest BCUT2D eigenvalue weighted by Gasteiger charge is 2.30. The maximum atomic E-state index is 10.5. The van der Waals surface area contributed by atoms with E-state index in [1.54, 1.807) is 0 Å². The summed E-state index contributed by atoms with van der Waals surface area (Å²) in [7, 11) is 0. The van der Waals surface area contributed by atoms with Crippen molar-refractivity contribution in [2.24, 2.45) is 0 Å². The number of nitrogens with one attached hydrogen (secondary N) is 1. The molecular formula is C15H19ClN2O2. The first-order valence-electron chi connectivity index (χ1n) is 6.69. The van der Waals surface area contributed by atoms with Crippen molar-refractivity contribution < 1.29 is 9.63 Å². The second kappa shape index (κ2) is 6.39. The van der Waals surface area contributed by atoms with Gasteiger partial charge in [-0.15, -0.1) is 12.4 Å². The number of nitrogens with zero attached hydrogens (tertiary/aromatic N) is 1. The van der Waals surface area contributed by atoms with Gasteiger partial charge in [0.05, 0.1) is 5.60 Å². The van der Waals surface area contributed by atoms with Crippen LogP contribution in [0.4, 0.5) is 0 Å². The number of hydrogen-bond acceptors (Lipinski definition) is 4. The zero-order chi connectivity index (χ0) is 13.1. The van der Waals surface area contributed by atoms with Crippen molar-refractivity contribution >= 4 is 12.4 Å². The summed E-state index contributed by atoms with van der Waals surface area (Å²) in [6, 6.07) is 11.9. The first kappa shape index (κ1) is 15.0. The summed E-state index contributed by atoms with van der Waals surface area (Å²) in [5, 5.41) is 17.8. The average Bonchev–Trinajstić information content (AvgIpc) is 2.88. The molecule has 0 amide bonds. The van der Waals surface area contributed by atoms with Crippen LogP contribution in [0.5, 0.6) is 0 Å². The van der Waals surface area contributed by atoms with Crippen molar-refractivity contribution in [3.8, 4) is 11.3 Å². The summed E-state index contributed by atoms with van der Waals surface area (Å²) in [5.74, 6) is 0.753. The van der Waals surface area contributed by atoms with Crippen LogP contribution in [0, 0.1) is 0 Å². The lowest BCUT2D eigenvalue weighted by Gasteiger charge is -2.31. The van der Waals surface area contributed by atoms with Gasteiger partial charge in [0.2, 0.25) is 0 Å². The number of hydrogen-bond donors (Lipinski definition) is 2. The summed E-state index contributed by atoms with van der Waals surface area (Å²) in [5.41, 5.74) is 1.21. The quantitative estimate of drug-likeness (QED) is 0.913. The molecule has 0 saturated carbocycles. The minimum absolute atomic E-state index is 0. The minimum Gasteiger partial charge on any atom is -0.389 e. The Hall–Kier alpha value is -1.36. The zero-order valence-electron chi connectivity index (χ0n) is 11.2. The fourth-order valence-electron chi connectivity index (χ4n) is 2.53. The van der Waals surface area contributed by atoms with Gasteiger partial charge in [-0.1, -0.05) is 35.5 Å². The van der Waals surface area contributed by atoms with E-state index in [0.717, 1.165) is 42.9 Å². The molecule has 0 spiro atoms. The van der Waals surface area contributed by atoms with Gasteiger partial charge in [-0.05, 0) is 25.9 Å². The highest BCUT2D eigenvalue weighted by atomic mass is 35.5. The molecule has 0 unspecified atom stereocenters. The Morgan fingerprint density at radius 3 is 2.60 bits per heavy atom.